The molecule has 1 heterocycles. The maximum atomic E-state index is 12.6. The van der Waals surface area contributed by atoms with Gasteiger partial charge in [-0.15, -0.1) is 0 Å². The number of rotatable bonds is 1. The van der Waals surface area contributed by atoms with Gasteiger partial charge in [0, 0.05) is 6.54 Å². The summed E-state index contributed by atoms with van der Waals surface area (Å²) in [5.74, 6) is 0.440. The van der Waals surface area contributed by atoms with Gasteiger partial charge in [0.25, 0.3) is 0 Å². The second-order valence-electron chi connectivity index (χ2n) is 3.24. The number of benzene rings is 1. The van der Waals surface area contributed by atoms with Crippen molar-refractivity contribution in [2.75, 3.05) is 13.1 Å². The van der Waals surface area contributed by atoms with E-state index < -0.39 is 0 Å². The lowest BCUT2D eigenvalue weighted by molar-refractivity contribution is 0.625. The van der Waals surface area contributed by atoms with Crippen LogP contribution < -0.4 is 5.32 Å². The van der Waals surface area contributed by atoms with Gasteiger partial charge in [-0.25, -0.2) is 4.39 Å². The molecule has 64 valence electrons. The summed E-state index contributed by atoms with van der Waals surface area (Å²) in [6.07, 6.45) is 1.17. The van der Waals surface area contributed by atoms with Crippen molar-refractivity contribution in [3.63, 3.8) is 0 Å². The third-order valence-corrected chi connectivity index (χ3v) is 2.40. The smallest absolute Gasteiger partial charge is 0.123 e. The van der Waals surface area contributed by atoms with Crippen molar-refractivity contribution in [1.82, 2.24) is 5.32 Å². The first kappa shape index (κ1) is 7.74. The Morgan fingerprint density at radius 3 is 2.58 bits per heavy atom. The van der Waals surface area contributed by atoms with Gasteiger partial charge in [0.1, 0.15) is 5.82 Å². The van der Waals surface area contributed by atoms with Gasteiger partial charge < -0.3 is 5.32 Å². The first-order valence-corrected chi connectivity index (χ1v) is 4.32. The molecule has 1 aromatic carbocycles. The Bertz CT molecular complexity index is 249. The lowest BCUT2D eigenvalue weighted by Gasteiger charge is -2.07. The zero-order chi connectivity index (χ0) is 8.39. The van der Waals surface area contributed by atoms with Crippen LogP contribution in [-0.2, 0) is 0 Å². The second kappa shape index (κ2) is 3.23. The van der Waals surface area contributed by atoms with E-state index in [4.69, 9.17) is 0 Å². The van der Waals surface area contributed by atoms with Crippen molar-refractivity contribution in [2.24, 2.45) is 0 Å². The normalized spacial score (nSPS) is 22.9. The SMILES string of the molecule is Fc1ccc(C2CCNC2)cc1. The third kappa shape index (κ3) is 1.48. The molecule has 1 atom stereocenters. The van der Waals surface area contributed by atoms with Crippen LogP contribution in [0.4, 0.5) is 4.39 Å². The Hall–Kier alpha value is -0.890. The Labute approximate surface area is 71.6 Å². The molecule has 1 unspecified atom stereocenters. The fourth-order valence-corrected chi connectivity index (χ4v) is 1.67. The predicted octanol–water partition coefficient (Wildman–Crippen LogP) is 1.90. The largest absolute Gasteiger partial charge is 0.316 e. The van der Waals surface area contributed by atoms with E-state index in [2.05, 4.69) is 5.32 Å². The van der Waals surface area contributed by atoms with E-state index in [0.29, 0.717) is 5.92 Å². The minimum absolute atomic E-state index is 0.148. The molecule has 2 heteroatoms. The van der Waals surface area contributed by atoms with Crippen LogP contribution in [0.5, 0.6) is 0 Å². The van der Waals surface area contributed by atoms with Crippen molar-refractivity contribution in [3.8, 4) is 0 Å². The summed E-state index contributed by atoms with van der Waals surface area (Å²) in [7, 11) is 0. The van der Waals surface area contributed by atoms with Gasteiger partial charge in [-0.3, -0.25) is 0 Å². The Kier molecular flexibility index (Phi) is 2.09. The van der Waals surface area contributed by atoms with Crippen molar-refractivity contribution < 1.29 is 4.39 Å². The van der Waals surface area contributed by atoms with E-state index in [-0.39, 0.29) is 5.82 Å². The molecule has 2 rings (SSSR count). The molecule has 1 aliphatic heterocycles. The van der Waals surface area contributed by atoms with Gasteiger partial charge >= 0.3 is 0 Å². The summed E-state index contributed by atoms with van der Waals surface area (Å²) in [4.78, 5) is 0. The zero-order valence-corrected chi connectivity index (χ0v) is 6.89. The standard InChI is InChI=1S/C10H12FN/c11-10-3-1-8(2-4-10)9-5-6-12-7-9/h1-4,9,12H,5-7H2. The molecule has 0 spiro atoms. The lowest BCUT2D eigenvalue weighted by atomic mass is 9.99. The first-order chi connectivity index (χ1) is 5.86. The zero-order valence-electron chi connectivity index (χ0n) is 6.89. The van der Waals surface area contributed by atoms with Crippen molar-refractivity contribution in [2.45, 2.75) is 12.3 Å². The third-order valence-electron chi connectivity index (χ3n) is 2.40. The van der Waals surface area contributed by atoms with E-state index in [1.807, 2.05) is 12.1 Å². The van der Waals surface area contributed by atoms with E-state index in [9.17, 15) is 4.39 Å². The van der Waals surface area contributed by atoms with E-state index in [1.54, 1.807) is 0 Å². The van der Waals surface area contributed by atoms with Crippen LogP contribution in [0.2, 0.25) is 0 Å². The number of nitrogens with one attached hydrogen (secondary N) is 1. The van der Waals surface area contributed by atoms with E-state index >= 15 is 0 Å². The Balaban J connectivity index is 2.17. The average molecular weight is 165 g/mol. The van der Waals surface area contributed by atoms with Crippen LogP contribution in [-0.4, -0.2) is 13.1 Å². The van der Waals surface area contributed by atoms with Gasteiger partial charge in [0.15, 0.2) is 0 Å². The minimum Gasteiger partial charge on any atom is -0.316 e. The molecule has 1 saturated heterocycles. The van der Waals surface area contributed by atoms with E-state index in [0.717, 1.165) is 13.1 Å². The van der Waals surface area contributed by atoms with Crippen molar-refractivity contribution in [1.29, 1.82) is 0 Å². The monoisotopic (exact) mass is 165 g/mol. The molecule has 0 bridgehead atoms. The van der Waals surface area contributed by atoms with Gasteiger partial charge in [-0.2, -0.15) is 0 Å². The number of hydrogen-bond acceptors (Lipinski definition) is 1. The minimum atomic E-state index is -0.148. The molecule has 1 aliphatic rings. The quantitative estimate of drug-likeness (QED) is 0.670. The first-order valence-electron chi connectivity index (χ1n) is 4.32. The van der Waals surface area contributed by atoms with Crippen molar-refractivity contribution >= 4 is 0 Å². The molecule has 1 fully saturated rings. The van der Waals surface area contributed by atoms with Crippen LogP contribution in [0.3, 0.4) is 0 Å². The van der Waals surface area contributed by atoms with Crippen LogP contribution >= 0.6 is 0 Å². The van der Waals surface area contributed by atoms with Crippen LogP contribution in [0.15, 0.2) is 24.3 Å². The molecule has 1 nitrogen and oxygen atoms in total. The molecule has 12 heavy (non-hydrogen) atoms. The molecule has 0 radical (unpaired) electrons. The number of hydrogen-bond donors (Lipinski definition) is 1. The van der Waals surface area contributed by atoms with Gasteiger partial charge in [-0.1, -0.05) is 12.1 Å². The number of halogens is 1. The molecule has 0 amide bonds. The molecular weight excluding hydrogens is 153 g/mol. The lowest BCUT2D eigenvalue weighted by Crippen LogP contribution is -2.07. The molecule has 1 aromatic rings. The fraction of sp³-hybridized carbons (Fsp3) is 0.400. The Morgan fingerprint density at radius 2 is 2.00 bits per heavy atom. The highest BCUT2D eigenvalue weighted by Crippen LogP contribution is 2.21. The molecule has 0 aliphatic carbocycles. The van der Waals surface area contributed by atoms with Gasteiger partial charge in [0.2, 0.25) is 0 Å². The molecular formula is C10H12FN. The molecule has 1 N–H and O–H groups in total. The van der Waals surface area contributed by atoms with Gasteiger partial charge in [-0.05, 0) is 36.6 Å². The highest BCUT2D eigenvalue weighted by molar-refractivity contribution is 5.21. The van der Waals surface area contributed by atoms with Crippen LogP contribution in [0, 0.1) is 5.82 Å². The molecule has 0 aromatic heterocycles. The summed E-state index contributed by atoms with van der Waals surface area (Å²) in [5.41, 5.74) is 1.25. The van der Waals surface area contributed by atoms with E-state index in [1.165, 1.54) is 24.1 Å². The van der Waals surface area contributed by atoms with Crippen LogP contribution in [0.25, 0.3) is 0 Å². The van der Waals surface area contributed by atoms with Crippen LogP contribution in [0.1, 0.15) is 17.9 Å². The maximum Gasteiger partial charge on any atom is 0.123 e. The molecule has 0 saturated carbocycles. The summed E-state index contributed by atoms with van der Waals surface area (Å²) < 4.78 is 12.6. The summed E-state index contributed by atoms with van der Waals surface area (Å²) >= 11 is 0. The highest BCUT2D eigenvalue weighted by Gasteiger charge is 2.15. The summed E-state index contributed by atoms with van der Waals surface area (Å²) in [6.45, 7) is 2.12. The predicted molar refractivity (Wildman–Crippen MR) is 46.6 cm³/mol. The summed E-state index contributed by atoms with van der Waals surface area (Å²) in [6, 6.07) is 6.83. The van der Waals surface area contributed by atoms with Gasteiger partial charge in [0.05, 0.1) is 0 Å². The highest BCUT2D eigenvalue weighted by atomic mass is 19.1. The fourth-order valence-electron chi connectivity index (χ4n) is 1.67. The second-order valence-corrected chi connectivity index (χ2v) is 3.24. The Morgan fingerprint density at radius 1 is 1.25 bits per heavy atom. The van der Waals surface area contributed by atoms with Crippen molar-refractivity contribution in [3.05, 3.63) is 35.6 Å². The average Bonchev–Trinajstić information content (AvgIpc) is 2.58. The topological polar surface area (TPSA) is 12.0 Å². The maximum absolute atomic E-state index is 12.6. The summed E-state index contributed by atoms with van der Waals surface area (Å²) in [5, 5.41) is 3.29.